The van der Waals surface area contributed by atoms with Crippen LogP contribution in [0.25, 0.3) is 22.6 Å². The molecule has 1 heterocycles. The molecule has 25 heavy (non-hydrogen) atoms. The van der Waals surface area contributed by atoms with Crippen LogP contribution in [-0.4, -0.2) is 24.5 Å². The smallest absolute Gasteiger partial charge is 0.174 e. The van der Waals surface area contributed by atoms with Crippen molar-refractivity contribution in [3.05, 3.63) is 52.0 Å². The van der Waals surface area contributed by atoms with E-state index in [9.17, 15) is 5.11 Å². The van der Waals surface area contributed by atoms with Gasteiger partial charge in [0.05, 0.1) is 37.0 Å². The number of ether oxygens (including phenoxy) is 2. The molecule has 7 heteroatoms. The topological polar surface area (TPSA) is 64.7 Å². The number of nitrogens with zero attached hydrogens (tertiary/aromatic N) is 1. The van der Waals surface area contributed by atoms with Crippen LogP contribution in [0, 0.1) is 0 Å². The first-order chi connectivity index (χ1) is 12.1. The quantitative estimate of drug-likeness (QED) is 0.687. The molecule has 2 aromatic carbocycles. The predicted octanol–water partition coefficient (Wildman–Crippen LogP) is 4.82. The van der Waals surface area contributed by atoms with E-state index in [0.717, 1.165) is 0 Å². The fourth-order valence-electron chi connectivity index (χ4n) is 2.63. The Morgan fingerprint density at radius 3 is 2.52 bits per heavy atom. The lowest BCUT2D eigenvalue weighted by molar-refractivity contribution is 0.281. The third kappa shape index (κ3) is 3.18. The van der Waals surface area contributed by atoms with Gasteiger partial charge in [-0.1, -0.05) is 34.4 Å². The van der Waals surface area contributed by atoms with E-state index in [1.807, 2.05) is 12.1 Å². The number of benzene rings is 2. The molecule has 3 aromatic rings. The molecule has 0 saturated heterocycles. The van der Waals surface area contributed by atoms with Crippen LogP contribution in [-0.2, 0) is 6.61 Å². The van der Waals surface area contributed by atoms with Gasteiger partial charge in [0.15, 0.2) is 17.3 Å². The van der Waals surface area contributed by atoms with Gasteiger partial charge in [-0.3, -0.25) is 0 Å². The minimum absolute atomic E-state index is 0.284. The number of rotatable bonds is 5. The molecule has 130 valence electrons. The third-order valence-corrected chi connectivity index (χ3v) is 4.33. The van der Waals surface area contributed by atoms with Crippen molar-refractivity contribution in [2.75, 3.05) is 14.2 Å². The molecule has 3 rings (SSSR count). The molecule has 5 nitrogen and oxygen atoms in total. The van der Waals surface area contributed by atoms with Crippen LogP contribution in [0.5, 0.6) is 11.5 Å². The summed E-state index contributed by atoms with van der Waals surface area (Å²) in [6, 6.07) is 10.4. The highest BCUT2D eigenvalue weighted by molar-refractivity contribution is 6.36. The van der Waals surface area contributed by atoms with E-state index in [1.54, 1.807) is 31.4 Å². The monoisotopic (exact) mass is 379 g/mol. The number of aliphatic hydroxyl groups excluding tert-OH is 1. The summed E-state index contributed by atoms with van der Waals surface area (Å²) in [5.74, 6) is 1.43. The van der Waals surface area contributed by atoms with E-state index in [-0.39, 0.29) is 6.61 Å². The molecule has 0 amide bonds. The van der Waals surface area contributed by atoms with Gasteiger partial charge in [0.1, 0.15) is 5.69 Å². The van der Waals surface area contributed by atoms with E-state index in [2.05, 4.69) is 5.16 Å². The number of para-hydroxylation sites is 1. The van der Waals surface area contributed by atoms with Gasteiger partial charge in [0, 0.05) is 10.6 Å². The van der Waals surface area contributed by atoms with Gasteiger partial charge in [-0.05, 0) is 30.3 Å². The lowest BCUT2D eigenvalue weighted by atomic mass is 10.0. The standard InChI is InChI=1S/C18H15Cl2NO4/c1-23-15-5-3-4-12(18(15)24-2)16-13(9-22)17(25-21-16)11-7-6-10(19)8-14(11)20/h3-8,22H,9H2,1-2H3. The maximum atomic E-state index is 9.91. The second-order valence-electron chi connectivity index (χ2n) is 5.16. The van der Waals surface area contributed by atoms with Crippen LogP contribution in [0.2, 0.25) is 10.0 Å². The van der Waals surface area contributed by atoms with Gasteiger partial charge >= 0.3 is 0 Å². The summed E-state index contributed by atoms with van der Waals surface area (Å²) >= 11 is 12.2. The van der Waals surface area contributed by atoms with E-state index >= 15 is 0 Å². The molecule has 0 atom stereocenters. The van der Waals surface area contributed by atoms with Gasteiger partial charge in [0.25, 0.3) is 0 Å². The molecular weight excluding hydrogens is 365 g/mol. The van der Waals surface area contributed by atoms with Crippen molar-refractivity contribution in [1.29, 1.82) is 0 Å². The van der Waals surface area contributed by atoms with Crippen molar-refractivity contribution in [2.45, 2.75) is 6.61 Å². The van der Waals surface area contributed by atoms with Gasteiger partial charge in [-0.25, -0.2) is 0 Å². The van der Waals surface area contributed by atoms with Crippen molar-refractivity contribution in [3.8, 4) is 34.1 Å². The highest BCUT2D eigenvalue weighted by Gasteiger charge is 2.23. The fourth-order valence-corrected chi connectivity index (χ4v) is 3.12. The van der Waals surface area contributed by atoms with Crippen molar-refractivity contribution >= 4 is 23.2 Å². The Kier molecular flexibility index (Phi) is 5.18. The summed E-state index contributed by atoms with van der Waals surface area (Å²) in [6.07, 6.45) is 0. The summed E-state index contributed by atoms with van der Waals surface area (Å²) < 4.78 is 16.2. The first-order valence-electron chi connectivity index (χ1n) is 7.36. The first-order valence-corrected chi connectivity index (χ1v) is 8.12. The van der Waals surface area contributed by atoms with Gasteiger partial charge in [0.2, 0.25) is 0 Å². The largest absolute Gasteiger partial charge is 0.493 e. The molecule has 1 N–H and O–H groups in total. The van der Waals surface area contributed by atoms with Crippen LogP contribution in [0.4, 0.5) is 0 Å². The molecule has 1 aromatic heterocycles. The maximum absolute atomic E-state index is 9.91. The van der Waals surface area contributed by atoms with Gasteiger partial charge in [-0.2, -0.15) is 0 Å². The molecule has 0 aliphatic rings. The van der Waals surface area contributed by atoms with Gasteiger partial charge < -0.3 is 19.1 Å². The Hall–Kier alpha value is -2.21. The maximum Gasteiger partial charge on any atom is 0.174 e. The summed E-state index contributed by atoms with van der Waals surface area (Å²) in [5.41, 5.74) is 2.19. The Labute approximate surface area is 154 Å². The SMILES string of the molecule is COc1cccc(-c2noc(-c3ccc(Cl)cc3Cl)c2CO)c1OC. The lowest BCUT2D eigenvalue weighted by Crippen LogP contribution is -1.95. The minimum Gasteiger partial charge on any atom is -0.493 e. The summed E-state index contributed by atoms with van der Waals surface area (Å²) in [5, 5.41) is 14.9. The van der Waals surface area contributed by atoms with Gasteiger partial charge in [-0.15, -0.1) is 0 Å². The average Bonchev–Trinajstić information content (AvgIpc) is 3.04. The Morgan fingerprint density at radius 1 is 1.08 bits per heavy atom. The zero-order valence-electron chi connectivity index (χ0n) is 13.5. The molecule has 0 saturated carbocycles. The predicted molar refractivity (Wildman–Crippen MR) is 96.4 cm³/mol. The number of halogens is 2. The lowest BCUT2D eigenvalue weighted by Gasteiger charge is -2.11. The number of hydrogen-bond donors (Lipinski definition) is 1. The Bertz CT molecular complexity index is 908. The van der Waals surface area contributed by atoms with Crippen LogP contribution in [0.1, 0.15) is 5.56 Å². The molecule has 0 fully saturated rings. The molecule has 0 bridgehead atoms. The van der Waals surface area contributed by atoms with E-state index < -0.39 is 0 Å². The molecule has 0 radical (unpaired) electrons. The van der Waals surface area contributed by atoms with Crippen molar-refractivity contribution in [3.63, 3.8) is 0 Å². The van der Waals surface area contributed by atoms with Crippen molar-refractivity contribution in [1.82, 2.24) is 5.16 Å². The van der Waals surface area contributed by atoms with Crippen LogP contribution in [0.15, 0.2) is 40.9 Å². The molecular formula is C18H15Cl2NO4. The second-order valence-corrected chi connectivity index (χ2v) is 6.01. The number of methoxy groups -OCH3 is 2. The number of hydrogen-bond acceptors (Lipinski definition) is 5. The van der Waals surface area contributed by atoms with Crippen LogP contribution in [0.3, 0.4) is 0 Å². The van der Waals surface area contributed by atoms with Crippen molar-refractivity contribution < 1.29 is 19.1 Å². The Morgan fingerprint density at radius 2 is 1.88 bits per heavy atom. The summed E-state index contributed by atoms with van der Waals surface area (Å²) in [7, 11) is 3.09. The normalized spacial score (nSPS) is 10.8. The zero-order valence-corrected chi connectivity index (χ0v) is 15.1. The van der Waals surface area contributed by atoms with Crippen LogP contribution < -0.4 is 9.47 Å². The zero-order chi connectivity index (χ0) is 18.0. The second kappa shape index (κ2) is 7.35. The highest BCUT2D eigenvalue weighted by Crippen LogP contribution is 2.42. The van der Waals surface area contributed by atoms with E-state index in [4.69, 9.17) is 37.2 Å². The summed E-state index contributed by atoms with van der Waals surface area (Å²) in [4.78, 5) is 0. The molecule has 0 aliphatic carbocycles. The first kappa shape index (κ1) is 17.6. The third-order valence-electron chi connectivity index (χ3n) is 3.78. The minimum atomic E-state index is -0.284. The van der Waals surface area contributed by atoms with Crippen molar-refractivity contribution in [2.24, 2.45) is 0 Å². The van der Waals surface area contributed by atoms with E-state index in [0.29, 0.717) is 49.7 Å². The molecule has 0 aliphatic heterocycles. The highest BCUT2D eigenvalue weighted by atomic mass is 35.5. The summed E-state index contributed by atoms with van der Waals surface area (Å²) in [6.45, 7) is -0.284. The number of aliphatic hydroxyl groups is 1. The fraction of sp³-hybridized carbons (Fsp3) is 0.167. The number of aromatic nitrogens is 1. The van der Waals surface area contributed by atoms with Crippen LogP contribution >= 0.6 is 23.2 Å². The Balaban J connectivity index is 2.19. The molecule has 0 spiro atoms. The molecule has 0 unspecified atom stereocenters. The average molecular weight is 380 g/mol. The van der Waals surface area contributed by atoms with E-state index in [1.165, 1.54) is 7.11 Å².